The van der Waals surface area contributed by atoms with Crippen LogP contribution in [0.5, 0.6) is 34.5 Å². The second-order valence-electron chi connectivity index (χ2n) is 12.6. The van der Waals surface area contributed by atoms with Crippen LogP contribution < -0.4 is 14.8 Å². The van der Waals surface area contributed by atoms with Gasteiger partial charge in [-0.3, -0.25) is 4.79 Å². The van der Waals surface area contributed by atoms with Crippen LogP contribution in [0.3, 0.4) is 0 Å². The molecule has 4 aromatic carbocycles. The Morgan fingerprint density at radius 1 is 0.878 bits per heavy atom. The first kappa shape index (κ1) is 33.4. The normalized spacial score (nSPS) is 17.2. The molecular weight excluding hydrogens is 624 g/mol. The van der Waals surface area contributed by atoms with E-state index in [2.05, 4.69) is 10.3 Å². The number of rotatable bonds is 7. The summed E-state index contributed by atoms with van der Waals surface area (Å²) in [4.78, 5) is 18.9. The minimum Gasteiger partial charge on any atom is -0.508 e. The molecule has 10 nitrogen and oxygen atoms in total. The van der Waals surface area contributed by atoms with Crippen molar-refractivity contribution in [3.63, 3.8) is 0 Å². The second-order valence-corrected chi connectivity index (χ2v) is 12.6. The van der Waals surface area contributed by atoms with Crippen molar-refractivity contribution in [2.24, 2.45) is 5.92 Å². The fourth-order valence-corrected chi connectivity index (χ4v) is 6.79. The fraction of sp³-hybridized carbons (Fsp3) is 0.282. The highest BCUT2D eigenvalue weighted by Gasteiger charge is 2.31. The Morgan fingerprint density at radius 2 is 1.69 bits per heavy atom. The minimum atomic E-state index is -0.987. The molecule has 1 aliphatic rings. The number of phenols is 4. The standard InChI is InChI=1S/C39H40N2O8/c1-48-36-16-22(4-12-33(36)44)3-11-32(43)30-15-23-13-14-40-38(17-23)41-31-10-6-25-18-27(42)7-9-28(25)29(31)8-5-24(19-34(30)45)26-20-35(46)39(47)37(21-26)49-2/h4,6-7,9-10,12-14,16-18,20-21,24,30,32,42-44,46-47H,3,5,8,11,15,19H2,1-2H3,(H,40,41)/t24-,30+,32-/m1/s1. The predicted molar refractivity (Wildman–Crippen MR) is 186 cm³/mol. The molecule has 6 rings (SSSR count). The molecule has 0 saturated heterocycles. The van der Waals surface area contributed by atoms with Crippen LogP contribution in [0.1, 0.15) is 47.4 Å². The van der Waals surface area contributed by atoms with Crippen molar-refractivity contribution in [3.8, 4) is 34.5 Å². The lowest BCUT2D eigenvalue weighted by atomic mass is 9.80. The Morgan fingerprint density at radius 3 is 2.49 bits per heavy atom. The third kappa shape index (κ3) is 7.34. The number of Topliss-reactive ketones (excluding diaryl/α,β-unsaturated/α-hetero) is 1. The van der Waals surface area contributed by atoms with Gasteiger partial charge in [0.25, 0.3) is 0 Å². The number of aryl methyl sites for hydroxylation is 2. The van der Waals surface area contributed by atoms with E-state index in [9.17, 15) is 30.3 Å². The molecule has 2 heterocycles. The highest BCUT2D eigenvalue weighted by molar-refractivity contribution is 5.92. The Labute approximate surface area is 284 Å². The summed E-state index contributed by atoms with van der Waals surface area (Å²) in [6.07, 6.45) is 2.78. The number of aromatic hydroxyl groups is 4. The van der Waals surface area contributed by atoms with Gasteiger partial charge >= 0.3 is 0 Å². The van der Waals surface area contributed by atoms with Crippen molar-refractivity contribution in [1.29, 1.82) is 0 Å². The Bertz CT molecular complexity index is 1990. The van der Waals surface area contributed by atoms with Gasteiger partial charge in [-0.15, -0.1) is 0 Å². The van der Waals surface area contributed by atoms with E-state index in [1.165, 1.54) is 20.3 Å². The number of hydrogen-bond acceptors (Lipinski definition) is 10. The molecule has 0 aliphatic carbocycles. The number of ether oxygens (including phenoxy) is 2. The lowest BCUT2D eigenvalue weighted by Gasteiger charge is -2.25. The summed E-state index contributed by atoms with van der Waals surface area (Å²) in [5.41, 5.74) is 4.10. The number of benzene rings is 4. The number of fused-ring (bicyclic) bond motifs is 5. The number of methoxy groups -OCH3 is 2. The summed E-state index contributed by atoms with van der Waals surface area (Å²) in [7, 11) is 2.87. The average molecular weight is 665 g/mol. The molecule has 0 saturated carbocycles. The first-order chi connectivity index (χ1) is 23.6. The molecule has 2 bridgehead atoms. The molecule has 1 aliphatic heterocycles. The number of aliphatic hydroxyl groups is 1. The summed E-state index contributed by atoms with van der Waals surface area (Å²) in [5, 5.41) is 58.1. The summed E-state index contributed by atoms with van der Waals surface area (Å²) in [6, 6.07) is 21.0. The van der Waals surface area contributed by atoms with Crippen LogP contribution in [0.2, 0.25) is 0 Å². The van der Waals surface area contributed by atoms with Crippen molar-refractivity contribution in [2.75, 3.05) is 19.5 Å². The van der Waals surface area contributed by atoms with E-state index in [1.54, 1.807) is 42.6 Å². The molecule has 49 heavy (non-hydrogen) atoms. The molecular formula is C39H40N2O8. The average Bonchev–Trinajstić information content (AvgIpc) is 3.10. The second kappa shape index (κ2) is 14.3. The van der Waals surface area contributed by atoms with Gasteiger partial charge < -0.3 is 40.3 Å². The van der Waals surface area contributed by atoms with Crippen LogP contribution in [-0.4, -0.2) is 56.6 Å². The first-order valence-corrected chi connectivity index (χ1v) is 16.3. The van der Waals surface area contributed by atoms with Crippen LogP contribution in [0.15, 0.2) is 79.0 Å². The van der Waals surface area contributed by atoms with Crippen LogP contribution in [0, 0.1) is 5.92 Å². The van der Waals surface area contributed by atoms with E-state index in [0.717, 1.165) is 33.2 Å². The van der Waals surface area contributed by atoms with Gasteiger partial charge in [0, 0.05) is 24.2 Å². The minimum absolute atomic E-state index is 0.0237. The molecule has 5 aromatic rings. The predicted octanol–water partition coefficient (Wildman–Crippen LogP) is 6.66. The van der Waals surface area contributed by atoms with Gasteiger partial charge in [0.05, 0.1) is 20.3 Å². The number of carbonyl (C=O) groups excluding carboxylic acids is 1. The number of anilines is 2. The van der Waals surface area contributed by atoms with E-state index < -0.39 is 17.9 Å². The highest BCUT2D eigenvalue weighted by Crippen LogP contribution is 2.42. The molecule has 0 radical (unpaired) electrons. The van der Waals surface area contributed by atoms with E-state index in [4.69, 9.17) is 9.47 Å². The van der Waals surface area contributed by atoms with Gasteiger partial charge in [-0.25, -0.2) is 4.98 Å². The van der Waals surface area contributed by atoms with Crippen LogP contribution >= 0.6 is 0 Å². The molecule has 10 heteroatoms. The van der Waals surface area contributed by atoms with E-state index in [1.807, 2.05) is 30.3 Å². The maximum Gasteiger partial charge on any atom is 0.200 e. The number of pyridine rings is 1. The van der Waals surface area contributed by atoms with Crippen molar-refractivity contribution < 1.29 is 39.8 Å². The lowest BCUT2D eigenvalue weighted by Crippen LogP contribution is -2.32. The Hall–Kier alpha value is -5.48. The molecule has 0 fully saturated rings. The van der Waals surface area contributed by atoms with E-state index in [0.29, 0.717) is 42.8 Å². The topological polar surface area (TPSA) is 162 Å². The molecule has 1 aromatic heterocycles. The number of aromatic nitrogens is 1. The van der Waals surface area contributed by atoms with Gasteiger partial charge in [-0.05, 0) is 126 Å². The molecule has 254 valence electrons. The van der Waals surface area contributed by atoms with Crippen LogP contribution in [-0.2, 0) is 24.1 Å². The number of aliphatic hydroxyl groups excluding tert-OH is 1. The molecule has 6 N–H and O–H groups in total. The van der Waals surface area contributed by atoms with Crippen molar-refractivity contribution >= 4 is 28.1 Å². The van der Waals surface area contributed by atoms with Gasteiger partial charge in [-0.2, -0.15) is 0 Å². The smallest absolute Gasteiger partial charge is 0.200 e. The van der Waals surface area contributed by atoms with E-state index >= 15 is 0 Å². The summed E-state index contributed by atoms with van der Waals surface area (Å²) in [6.45, 7) is 0. The third-order valence-corrected chi connectivity index (χ3v) is 9.47. The van der Waals surface area contributed by atoms with Gasteiger partial charge in [0.1, 0.15) is 17.4 Å². The number of phenolic OH excluding ortho intramolecular Hbond substituents is 4. The number of ketones is 1. The summed E-state index contributed by atoms with van der Waals surface area (Å²) >= 11 is 0. The number of nitrogens with one attached hydrogen (secondary N) is 1. The molecule has 3 atom stereocenters. The van der Waals surface area contributed by atoms with Crippen LogP contribution in [0.4, 0.5) is 11.5 Å². The Balaban J connectivity index is 1.39. The molecule has 0 amide bonds. The van der Waals surface area contributed by atoms with Crippen molar-refractivity contribution in [1.82, 2.24) is 4.98 Å². The first-order valence-electron chi connectivity index (χ1n) is 16.3. The van der Waals surface area contributed by atoms with Gasteiger partial charge in [0.2, 0.25) is 5.75 Å². The van der Waals surface area contributed by atoms with Gasteiger partial charge in [-0.1, -0.05) is 18.2 Å². The quantitative estimate of drug-likeness (QED) is 0.104. The van der Waals surface area contributed by atoms with Crippen LogP contribution in [0.25, 0.3) is 10.8 Å². The number of hydrogen-bond donors (Lipinski definition) is 6. The highest BCUT2D eigenvalue weighted by atomic mass is 16.5. The molecule has 0 spiro atoms. The van der Waals surface area contributed by atoms with Gasteiger partial charge in [0.15, 0.2) is 23.0 Å². The zero-order chi connectivity index (χ0) is 34.7. The van der Waals surface area contributed by atoms with Crippen molar-refractivity contribution in [3.05, 3.63) is 101 Å². The largest absolute Gasteiger partial charge is 0.508 e. The number of nitrogens with zero attached hydrogens (tertiary/aromatic N) is 1. The SMILES string of the molecule is COc1cc(CC[C@@H](O)[C@@H]2Cc3ccnc(c3)Nc3ccc4cc(O)ccc4c3CC[C@@H](c3cc(O)c(O)c(OC)c3)CC2=O)ccc1O. The summed E-state index contributed by atoms with van der Waals surface area (Å²) < 4.78 is 10.6. The lowest BCUT2D eigenvalue weighted by molar-refractivity contribution is -0.127. The zero-order valence-corrected chi connectivity index (χ0v) is 27.4. The maximum absolute atomic E-state index is 14.4. The molecule has 0 unspecified atom stereocenters. The van der Waals surface area contributed by atoms with E-state index in [-0.39, 0.29) is 47.4 Å². The number of carbonyl (C=O) groups is 1. The Kier molecular flexibility index (Phi) is 9.77. The third-order valence-electron chi connectivity index (χ3n) is 9.47. The fourth-order valence-electron chi connectivity index (χ4n) is 6.79. The maximum atomic E-state index is 14.4. The monoisotopic (exact) mass is 664 g/mol. The summed E-state index contributed by atoms with van der Waals surface area (Å²) in [5.74, 6) is -0.830. The van der Waals surface area contributed by atoms with Crippen molar-refractivity contribution in [2.45, 2.75) is 50.5 Å². The zero-order valence-electron chi connectivity index (χ0n) is 27.4.